The highest BCUT2D eigenvalue weighted by atomic mass is 32.2. The Morgan fingerprint density at radius 3 is 2.67 bits per heavy atom. The molecule has 0 spiro atoms. The summed E-state index contributed by atoms with van der Waals surface area (Å²) in [5.74, 6) is 1.67. The third-order valence-electron chi connectivity index (χ3n) is 4.08. The Bertz CT molecular complexity index is 640. The Hall–Kier alpha value is -1.18. The number of rotatable bonds is 7. The summed E-state index contributed by atoms with van der Waals surface area (Å²) >= 11 is 1.49. The molecule has 0 unspecified atom stereocenters. The smallest absolute Gasteiger partial charge is 0.188 e. The van der Waals surface area contributed by atoms with Gasteiger partial charge in [-0.25, -0.2) is 15.0 Å². The van der Waals surface area contributed by atoms with Crippen LogP contribution in [0.3, 0.4) is 0 Å². The van der Waals surface area contributed by atoms with E-state index in [4.69, 9.17) is 4.74 Å². The fraction of sp³-hybridized carbons (Fsp3) is 0.588. The summed E-state index contributed by atoms with van der Waals surface area (Å²) in [6.45, 7) is 0.579. The van der Waals surface area contributed by atoms with E-state index in [-0.39, 0.29) is 0 Å². The number of hydrogen-bond donors (Lipinski definition) is 0. The molecule has 1 aliphatic carbocycles. The first-order chi connectivity index (χ1) is 11.8. The third kappa shape index (κ3) is 5.43. The van der Waals surface area contributed by atoms with Gasteiger partial charge in [0, 0.05) is 34.3 Å². The van der Waals surface area contributed by atoms with Gasteiger partial charge < -0.3 is 4.74 Å². The van der Waals surface area contributed by atoms with Crippen LogP contribution in [0.25, 0.3) is 10.8 Å². The quantitative estimate of drug-likeness (QED) is 0.702. The Kier molecular flexibility index (Phi) is 6.86. The standard InChI is InChI=1S/C17H23N3O2S2/c21-24(11-10-22-15-6-3-1-2-4-7-15)13-14-12-23-17(20-14)16-18-8-5-9-19-16/h5,8-9,12,15H,1-4,6-7,10-11,13H2/t24-/m0/s1. The molecule has 0 bridgehead atoms. The van der Waals surface area contributed by atoms with Crippen molar-refractivity contribution < 1.29 is 8.95 Å². The predicted molar refractivity (Wildman–Crippen MR) is 97.3 cm³/mol. The maximum absolute atomic E-state index is 12.2. The zero-order chi connectivity index (χ0) is 16.6. The van der Waals surface area contributed by atoms with Gasteiger partial charge in [-0.1, -0.05) is 25.7 Å². The number of thiazole rings is 1. The van der Waals surface area contributed by atoms with Crippen molar-refractivity contribution in [1.29, 1.82) is 0 Å². The first-order valence-electron chi connectivity index (χ1n) is 8.49. The van der Waals surface area contributed by atoms with E-state index >= 15 is 0 Å². The van der Waals surface area contributed by atoms with Gasteiger partial charge in [0.15, 0.2) is 10.8 Å². The molecule has 130 valence electrons. The molecule has 0 saturated heterocycles. The van der Waals surface area contributed by atoms with E-state index in [1.165, 1.54) is 37.0 Å². The van der Waals surface area contributed by atoms with Gasteiger partial charge in [0.1, 0.15) is 0 Å². The molecule has 5 nitrogen and oxygen atoms in total. The average molecular weight is 366 g/mol. The van der Waals surface area contributed by atoms with E-state index in [0.717, 1.165) is 23.5 Å². The number of hydrogen-bond acceptors (Lipinski definition) is 6. The molecule has 1 atom stereocenters. The van der Waals surface area contributed by atoms with Crippen LogP contribution in [0.15, 0.2) is 23.8 Å². The summed E-state index contributed by atoms with van der Waals surface area (Å²) in [7, 11) is -0.944. The van der Waals surface area contributed by atoms with Gasteiger partial charge >= 0.3 is 0 Å². The molecular weight excluding hydrogens is 342 g/mol. The molecular formula is C17H23N3O2S2. The molecule has 2 aromatic rings. The van der Waals surface area contributed by atoms with Gasteiger partial charge in [0.25, 0.3) is 0 Å². The van der Waals surface area contributed by atoms with Crippen LogP contribution in [0, 0.1) is 0 Å². The van der Waals surface area contributed by atoms with E-state index in [1.807, 2.05) is 5.38 Å². The lowest BCUT2D eigenvalue weighted by molar-refractivity contribution is 0.0539. The van der Waals surface area contributed by atoms with Gasteiger partial charge in [0.05, 0.1) is 24.2 Å². The van der Waals surface area contributed by atoms with E-state index in [1.54, 1.807) is 18.5 Å². The minimum atomic E-state index is -0.944. The minimum absolute atomic E-state index is 0.366. The van der Waals surface area contributed by atoms with Crippen molar-refractivity contribution in [3.8, 4) is 10.8 Å². The highest BCUT2D eigenvalue weighted by molar-refractivity contribution is 7.84. The van der Waals surface area contributed by atoms with Crippen LogP contribution in [-0.4, -0.2) is 37.6 Å². The summed E-state index contributed by atoms with van der Waals surface area (Å²) in [4.78, 5) is 12.9. The molecule has 24 heavy (non-hydrogen) atoms. The fourth-order valence-corrected chi connectivity index (χ4v) is 4.61. The van der Waals surface area contributed by atoms with Crippen LogP contribution in [0.5, 0.6) is 0 Å². The van der Waals surface area contributed by atoms with Crippen molar-refractivity contribution in [2.24, 2.45) is 0 Å². The average Bonchev–Trinajstić information content (AvgIpc) is 2.90. The van der Waals surface area contributed by atoms with Crippen molar-refractivity contribution in [1.82, 2.24) is 15.0 Å². The maximum Gasteiger partial charge on any atom is 0.188 e. The van der Waals surface area contributed by atoms with E-state index in [2.05, 4.69) is 15.0 Å². The molecule has 1 fully saturated rings. The van der Waals surface area contributed by atoms with Gasteiger partial charge in [-0.2, -0.15) is 0 Å². The largest absolute Gasteiger partial charge is 0.377 e. The van der Waals surface area contributed by atoms with Crippen molar-refractivity contribution in [3.63, 3.8) is 0 Å². The number of ether oxygens (including phenoxy) is 1. The first kappa shape index (κ1) is 17.6. The Balaban J connectivity index is 1.43. The second-order valence-corrected chi connectivity index (χ2v) is 8.42. The molecule has 0 amide bonds. The molecule has 0 aromatic carbocycles. The van der Waals surface area contributed by atoms with Crippen molar-refractivity contribution in [2.45, 2.75) is 50.4 Å². The highest BCUT2D eigenvalue weighted by Crippen LogP contribution is 2.21. The zero-order valence-electron chi connectivity index (χ0n) is 13.7. The summed E-state index contributed by atoms with van der Waals surface area (Å²) in [5, 5.41) is 2.72. The van der Waals surface area contributed by atoms with Crippen molar-refractivity contribution in [2.75, 3.05) is 12.4 Å². The molecule has 7 heteroatoms. The van der Waals surface area contributed by atoms with Crippen LogP contribution in [0.4, 0.5) is 0 Å². The van der Waals surface area contributed by atoms with Gasteiger partial charge in [-0.15, -0.1) is 11.3 Å². The van der Waals surface area contributed by atoms with Crippen LogP contribution in [0.2, 0.25) is 0 Å². The maximum atomic E-state index is 12.2. The summed E-state index contributed by atoms with van der Waals surface area (Å²) in [6, 6.07) is 1.78. The lowest BCUT2D eigenvalue weighted by Gasteiger charge is -2.14. The Morgan fingerprint density at radius 2 is 1.92 bits per heavy atom. The SMILES string of the molecule is O=[S@@](CCOC1CCCCCC1)Cc1csc(-c2ncccn2)n1. The van der Waals surface area contributed by atoms with Crippen molar-refractivity contribution in [3.05, 3.63) is 29.5 Å². The minimum Gasteiger partial charge on any atom is -0.377 e. The third-order valence-corrected chi connectivity index (χ3v) is 6.21. The molecule has 0 N–H and O–H groups in total. The highest BCUT2D eigenvalue weighted by Gasteiger charge is 2.14. The van der Waals surface area contributed by atoms with Crippen LogP contribution >= 0.6 is 11.3 Å². The van der Waals surface area contributed by atoms with Gasteiger partial charge in [-0.3, -0.25) is 4.21 Å². The monoisotopic (exact) mass is 365 g/mol. The number of aromatic nitrogens is 3. The summed E-state index contributed by atoms with van der Waals surface area (Å²) in [5.41, 5.74) is 0.843. The molecule has 2 heterocycles. The summed E-state index contributed by atoms with van der Waals surface area (Å²) < 4.78 is 18.1. The van der Waals surface area contributed by atoms with Crippen LogP contribution in [0.1, 0.15) is 44.2 Å². The molecule has 1 saturated carbocycles. The topological polar surface area (TPSA) is 65.0 Å². The van der Waals surface area contributed by atoms with E-state index in [9.17, 15) is 4.21 Å². The molecule has 1 aliphatic rings. The molecule has 3 rings (SSSR count). The van der Waals surface area contributed by atoms with E-state index in [0.29, 0.717) is 30.0 Å². The second kappa shape index (κ2) is 9.34. The lowest BCUT2D eigenvalue weighted by Crippen LogP contribution is -2.16. The van der Waals surface area contributed by atoms with Crippen LogP contribution in [-0.2, 0) is 21.3 Å². The van der Waals surface area contributed by atoms with Gasteiger partial charge in [-0.05, 0) is 18.9 Å². The van der Waals surface area contributed by atoms with Gasteiger partial charge in [0.2, 0.25) is 0 Å². The molecule has 0 aliphatic heterocycles. The predicted octanol–water partition coefficient (Wildman–Crippen LogP) is 3.59. The van der Waals surface area contributed by atoms with Crippen molar-refractivity contribution >= 4 is 22.1 Å². The second-order valence-electron chi connectivity index (χ2n) is 5.99. The molecule has 0 radical (unpaired) electrons. The fourth-order valence-electron chi connectivity index (χ4n) is 2.84. The normalized spacial score (nSPS) is 17.5. The Labute approximate surface area is 149 Å². The van der Waals surface area contributed by atoms with E-state index < -0.39 is 10.8 Å². The Morgan fingerprint density at radius 1 is 1.17 bits per heavy atom. The number of nitrogens with zero attached hydrogens (tertiary/aromatic N) is 3. The molecule has 2 aromatic heterocycles. The first-order valence-corrected chi connectivity index (χ1v) is 10.9. The van der Waals surface area contributed by atoms with Crippen LogP contribution < -0.4 is 0 Å². The zero-order valence-corrected chi connectivity index (χ0v) is 15.4. The lowest BCUT2D eigenvalue weighted by atomic mass is 10.1. The summed E-state index contributed by atoms with van der Waals surface area (Å²) in [6.07, 6.45) is 11.2.